The first-order chi connectivity index (χ1) is 6.66. The predicted octanol–water partition coefficient (Wildman–Crippen LogP) is 3.68. The number of hydrogen-bond acceptors (Lipinski definition) is 1. The molecule has 0 aliphatic rings. The molecule has 0 spiro atoms. The first-order valence-electron chi connectivity index (χ1n) is 5.26. The van der Waals surface area contributed by atoms with Crippen molar-refractivity contribution < 1.29 is 4.79 Å². The van der Waals surface area contributed by atoms with E-state index in [1.54, 1.807) is 0 Å². The van der Waals surface area contributed by atoms with Crippen LogP contribution in [-0.4, -0.2) is 5.78 Å². The number of carbonyl (C=O) groups excluding carboxylic acids is 1. The maximum Gasteiger partial charge on any atom is 0.163 e. The summed E-state index contributed by atoms with van der Waals surface area (Å²) in [7, 11) is 0. The molecule has 0 saturated carbocycles. The molecule has 1 rings (SSSR count). The van der Waals surface area contributed by atoms with Gasteiger partial charge in [-0.3, -0.25) is 4.79 Å². The highest BCUT2D eigenvalue weighted by atomic mass is 16.1. The Hall–Kier alpha value is -1.11. The lowest BCUT2D eigenvalue weighted by Crippen LogP contribution is -2.02. The van der Waals surface area contributed by atoms with Crippen molar-refractivity contribution in [2.24, 2.45) is 0 Å². The first kappa shape index (κ1) is 11.0. The second kappa shape index (κ2) is 4.94. The Kier molecular flexibility index (Phi) is 3.87. The van der Waals surface area contributed by atoms with E-state index in [1.807, 2.05) is 32.0 Å². The maximum atomic E-state index is 11.8. The number of hydrogen-bond donors (Lipinski definition) is 0. The quantitative estimate of drug-likeness (QED) is 0.662. The van der Waals surface area contributed by atoms with Gasteiger partial charge in [-0.15, -0.1) is 0 Å². The first-order valence-corrected chi connectivity index (χ1v) is 5.26. The van der Waals surface area contributed by atoms with Crippen LogP contribution in [0.5, 0.6) is 0 Å². The van der Waals surface area contributed by atoms with Gasteiger partial charge in [0.2, 0.25) is 0 Å². The highest BCUT2D eigenvalue weighted by molar-refractivity contribution is 5.97. The van der Waals surface area contributed by atoms with Gasteiger partial charge in [0.25, 0.3) is 0 Å². The molecule has 1 aromatic rings. The Morgan fingerprint density at radius 3 is 2.64 bits per heavy atom. The van der Waals surface area contributed by atoms with Crippen LogP contribution in [0.3, 0.4) is 0 Å². The Labute approximate surface area is 86.1 Å². The van der Waals surface area contributed by atoms with E-state index in [2.05, 4.69) is 6.92 Å². The lowest BCUT2D eigenvalue weighted by atomic mass is 9.98. The molecule has 0 radical (unpaired) electrons. The van der Waals surface area contributed by atoms with Gasteiger partial charge in [0.15, 0.2) is 5.78 Å². The fourth-order valence-electron chi connectivity index (χ4n) is 1.53. The fourth-order valence-corrected chi connectivity index (χ4v) is 1.53. The number of rotatable bonds is 4. The number of unbranched alkanes of at least 4 members (excludes halogenated alkanes) is 1. The van der Waals surface area contributed by atoms with Crippen molar-refractivity contribution in [1.82, 2.24) is 0 Å². The number of carbonyl (C=O) groups is 1. The number of benzene rings is 1. The largest absolute Gasteiger partial charge is 0.294 e. The van der Waals surface area contributed by atoms with Gasteiger partial charge in [0, 0.05) is 12.0 Å². The molecule has 0 aromatic heterocycles. The molecule has 0 atom stereocenters. The van der Waals surface area contributed by atoms with Gasteiger partial charge in [-0.1, -0.05) is 31.5 Å². The van der Waals surface area contributed by atoms with Crippen LogP contribution >= 0.6 is 0 Å². The monoisotopic (exact) mass is 190 g/mol. The molecule has 0 saturated heterocycles. The lowest BCUT2D eigenvalue weighted by Gasteiger charge is -2.06. The minimum Gasteiger partial charge on any atom is -0.294 e. The fraction of sp³-hybridized carbons (Fsp3) is 0.462. The molecule has 0 aliphatic carbocycles. The molecular weight excluding hydrogens is 172 g/mol. The minimum absolute atomic E-state index is 0.285. The molecule has 0 bridgehead atoms. The highest BCUT2D eigenvalue weighted by Crippen LogP contribution is 2.15. The van der Waals surface area contributed by atoms with Gasteiger partial charge in [-0.25, -0.2) is 0 Å². The molecule has 14 heavy (non-hydrogen) atoms. The van der Waals surface area contributed by atoms with Crippen molar-refractivity contribution in [2.45, 2.75) is 40.0 Å². The van der Waals surface area contributed by atoms with Crippen LogP contribution < -0.4 is 0 Å². The molecule has 1 aromatic carbocycles. The zero-order chi connectivity index (χ0) is 10.6. The third kappa shape index (κ3) is 2.44. The molecule has 1 nitrogen and oxygen atoms in total. The molecular formula is C13H18O. The maximum absolute atomic E-state index is 11.8. The van der Waals surface area contributed by atoms with Crippen molar-refractivity contribution >= 4 is 5.78 Å². The second-order valence-corrected chi connectivity index (χ2v) is 3.77. The normalized spacial score (nSPS) is 10.2. The summed E-state index contributed by atoms with van der Waals surface area (Å²) in [4.78, 5) is 11.8. The number of aryl methyl sites for hydroxylation is 1. The Morgan fingerprint density at radius 1 is 1.29 bits per heavy atom. The van der Waals surface area contributed by atoms with E-state index >= 15 is 0 Å². The summed E-state index contributed by atoms with van der Waals surface area (Å²) >= 11 is 0. The second-order valence-electron chi connectivity index (χ2n) is 3.77. The van der Waals surface area contributed by atoms with Crippen molar-refractivity contribution in [3.63, 3.8) is 0 Å². The SMILES string of the molecule is CCCCC(=O)c1cccc(C)c1C. The van der Waals surface area contributed by atoms with Crippen LogP contribution in [0.1, 0.15) is 47.7 Å². The van der Waals surface area contributed by atoms with Crippen LogP contribution in [0.2, 0.25) is 0 Å². The summed E-state index contributed by atoms with van der Waals surface area (Å²) in [5.41, 5.74) is 3.24. The average molecular weight is 190 g/mol. The molecule has 76 valence electrons. The van der Waals surface area contributed by atoms with E-state index in [0.717, 1.165) is 24.0 Å². The van der Waals surface area contributed by atoms with Crippen LogP contribution in [0.4, 0.5) is 0 Å². The van der Waals surface area contributed by atoms with E-state index in [1.165, 1.54) is 5.56 Å². The van der Waals surface area contributed by atoms with Gasteiger partial charge in [-0.05, 0) is 31.4 Å². The van der Waals surface area contributed by atoms with Gasteiger partial charge in [-0.2, -0.15) is 0 Å². The summed E-state index contributed by atoms with van der Waals surface area (Å²) in [6, 6.07) is 5.94. The topological polar surface area (TPSA) is 17.1 Å². The van der Waals surface area contributed by atoms with E-state index in [9.17, 15) is 4.79 Å². The van der Waals surface area contributed by atoms with Crippen molar-refractivity contribution in [1.29, 1.82) is 0 Å². The highest BCUT2D eigenvalue weighted by Gasteiger charge is 2.08. The van der Waals surface area contributed by atoms with Gasteiger partial charge in [0.1, 0.15) is 0 Å². The third-order valence-electron chi connectivity index (χ3n) is 2.66. The smallest absolute Gasteiger partial charge is 0.163 e. The van der Waals surface area contributed by atoms with Crippen LogP contribution in [-0.2, 0) is 0 Å². The predicted molar refractivity (Wildman–Crippen MR) is 59.8 cm³/mol. The van der Waals surface area contributed by atoms with Crippen LogP contribution in [0.25, 0.3) is 0 Å². The third-order valence-corrected chi connectivity index (χ3v) is 2.66. The molecule has 0 amide bonds. The zero-order valence-electron chi connectivity index (χ0n) is 9.26. The Bertz CT molecular complexity index is 326. The standard InChI is InChI=1S/C13H18O/c1-4-5-9-13(14)12-8-6-7-10(2)11(12)3/h6-8H,4-5,9H2,1-3H3. The van der Waals surface area contributed by atoms with Gasteiger partial charge in [0.05, 0.1) is 0 Å². The van der Waals surface area contributed by atoms with Gasteiger partial charge < -0.3 is 0 Å². The summed E-state index contributed by atoms with van der Waals surface area (Å²) in [6.07, 6.45) is 2.75. The summed E-state index contributed by atoms with van der Waals surface area (Å²) in [6.45, 7) is 6.18. The van der Waals surface area contributed by atoms with E-state index in [-0.39, 0.29) is 5.78 Å². The average Bonchev–Trinajstić information content (AvgIpc) is 2.18. The van der Waals surface area contributed by atoms with E-state index in [0.29, 0.717) is 6.42 Å². The van der Waals surface area contributed by atoms with Crippen molar-refractivity contribution in [3.8, 4) is 0 Å². The van der Waals surface area contributed by atoms with Crippen LogP contribution in [0, 0.1) is 13.8 Å². The van der Waals surface area contributed by atoms with Gasteiger partial charge >= 0.3 is 0 Å². The summed E-state index contributed by atoms with van der Waals surface area (Å²) in [5.74, 6) is 0.285. The van der Waals surface area contributed by atoms with E-state index < -0.39 is 0 Å². The minimum atomic E-state index is 0.285. The molecule has 0 N–H and O–H groups in total. The van der Waals surface area contributed by atoms with E-state index in [4.69, 9.17) is 0 Å². The molecule has 0 fully saturated rings. The molecule has 0 unspecified atom stereocenters. The molecule has 1 heteroatoms. The van der Waals surface area contributed by atoms with Crippen molar-refractivity contribution in [3.05, 3.63) is 34.9 Å². The Balaban J connectivity index is 2.84. The van der Waals surface area contributed by atoms with Crippen molar-refractivity contribution in [2.75, 3.05) is 0 Å². The Morgan fingerprint density at radius 2 is 2.00 bits per heavy atom. The zero-order valence-corrected chi connectivity index (χ0v) is 9.26. The molecule has 0 heterocycles. The molecule has 0 aliphatic heterocycles. The summed E-state index contributed by atoms with van der Waals surface area (Å²) in [5, 5.41) is 0. The van der Waals surface area contributed by atoms with Crippen LogP contribution in [0.15, 0.2) is 18.2 Å². The number of ketones is 1. The lowest BCUT2D eigenvalue weighted by molar-refractivity contribution is 0.0979. The number of Topliss-reactive ketones (excluding diaryl/α,β-unsaturated/α-hetero) is 1. The summed E-state index contributed by atoms with van der Waals surface area (Å²) < 4.78 is 0.